The second-order valence-corrected chi connectivity index (χ2v) is 6.58. The maximum Gasteiger partial charge on any atom is 0.416 e. The summed E-state index contributed by atoms with van der Waals surface area (Å²) in [5.74, 6) is 0.172. The van der Waals surface area contributed by atoms with E-state index in [2.05, 4.69) is 15.4 Å². The Morgan fingerprint density at radius 1 is 1.18 bits per heavy atom. The van der Waals surface area contributed by atoms with Crippen LogP contribution < -0.4 is 5.32 Å². The molecule has 0 aliphatic carbocycles. The van der Waals surface area contributed by atoms with Gasteiger partial charge in [-0.2, -0.15) is 18.3 Å². The number of amides is 1. The van der Waals surface area contributed by atoms with Gasteiger partial charge in [0.2, 0.25) is 0 Å². The minimum Gasteiger partial charge on any atom is -0.348 e. The summed E-state index contributed by atoms with van der Waals surface area (Å²) in [6.45, 7) is 3.84. The largest absolute Gasteiger partial charge is 0.416 e. The molecule has 0 unspecified atom stereocenters. The van der Waals surface area contributed by atoms with Crippen molar-refractivity contribution in [3.8, 4) is 5.82 Å². The van der Waals surface area contributed by atoms with Crippen LogP contribution in [0.2, 0.25) is 0 Å². The summed E-state index contributed by atoms with van der Waals surface area (Å²) in [5, 5.41) is 6.95. The molecule has 1 aromatic carbocycles. The number of carbonyl (C=O) groups is 1. The smallest absolute Gasteiger partial charge is 0.348 e. The van der Waals surface area contributed by atoms with E-state index in [4.69, 9.17) is 0 Å². The van der Waals surface area contributed by atoms with E-state index in [1.807, 2.05) is 19.9 Å². The standard InChI is InChI=1S/C20H19F3N4O/c1-13(2)18-16(12-26-27(18)17-8-3-4-9-24-17)19(28)25-11-14-6-5-7-15(10-14)20(21,22)23/h3-10,12-13H,11H2,1-2H3,(H,25,28). The van der Waals surface area contributed by atoms with Gasteiger partial charge < -0.3 is 5.32 Å². The van der Waals surface area contributed by atoms with Crippen LogP contribution >= 0.6 is 0 Å². The van der Waals surface area contributed by atoms with E-state index < -0.39 is 17.6 Å². The van der Waals surface area contributed by atoms with Crippen molar-refractivity contribution in [1.82, 2.24) is 20.1 Å². The molecule has 0 saturated heterocycles. The fourth-order valence-corrected chi connectivity index (χ4v) is 2.89. The molecule has 0 atom stereocenters. The van der Waals surface area contributed by atoms with Gasteiger partial charge in [0.25, 0.3) is 5.91 Å². The van der Waals surface area contributed by atoms with E-state index in [1.165, 1.54) is 18.3 Å². The lowest BCUT2D eigenvalue weighted by Crippen LogP contribution is -2.24. The third-order valence-electron chi connectivity index (χ3n) is 4.17. The highest BCUT2D eigenvalue weighted by atomic mass is 19.4. The summed E-state index contributed by atoms with van der Waals surface area (Å²) in [7, 11) is 0. The summed E-state index contributed by atoms with van der Waals surface area (Å²) in [5.41, 5.74) is 0.671. The first kappa shape index (κ1) is 19.6. The highest BCUT2D eigenvalue weighted by Gasteiger charge is 2.30. The van der Waals surface area contributed by atoms with Crippen LogP contribution in [0.1, 0.15) is 46.9 Å². The van der Waals surface area contributed by atoms with Crippen LogP contribution in [0, 0.1) is 0 Å². The summed E-state index contributed by atoms with van der Waals surface area (Å²) in [6.07, 6.45) is -1.34. The second-order valence-electron chi connectivity index (χ2n) is 6.58. The Hall–Kier alpha value is -3.16. The summed E-state index contributed by atoms with van der Waals surface area (Å²) in [4.78, 5) is 16.9. The predicted octanol–water partition coefficient (Wildman–Crippen LogP) is 4.34. The number of aromatic nitrogens is 3. The van der Waals surface area contributed by atoms with Gasteiger partial charge in [-0.1, -0.05) is 32.0 Å². The fraction of sp³-hybridized carbons (Fsp3) is 0.250. The average Bonchev–Trinajstić information content (AvgIpc) is 3.12. The van der Waals surface area contributed by atoms with Crippen molar-refractivity contribution >= 4 is 5.91 Å². The van der Waals surface area contributed by atoms with Crippen molar-refractivity contribution in [2.75, 3.05) is 0 Å². The van der Waals surface area contributed by atoms with Crippen LogP contribution in [-0.2, 0) is 12.7 Å². The zero-order valence-corrected chi connectivity index (χ0v) is 15.4. The van der Waals surface area contributed by atoms with Gasteiger partial charge in [0.05, 0.1) is 23.0 Å². The Labute approximate surface area is 160 Å². The minimum absolute atomic E-state index is 0.0150. The van der Waals surface area contributed by atoms with Crippen molar-refractivity contribution in [2.24, 2.45) is 0 Å². The number of alkyl halides is 3. The number of benzene rings is 1. The van der Waals surface area contributed by atoms with Gasteiger partial charge in [-0.3, -0.25) is 4.79 Å². The van der Waals surface area contributed by atoms with Gasteiger partial charge in [-0.15, -0.1) is 0 Å². The van der Waals surface area contributed by atoms with Crippen molar-refractivity contribution in [3.63, 3.8) is 0 Å². The molecular formula is C20H19F3N4O. The number of carbonyl (C=O) groups excluding carboxylic acids is 1. The maximum atomic E-state index is 12.8. The molecule has 0 spiro atoms. The number of rotatable bonds is 5. The van der Waals surface area contributed by atoms with E-state index in [0.29, 0.717) is 22.6 Å². The van der Waals surface area contributed by atoms with E-state index in [1.54, 1.807) is 23.0 Å². The second kappa shape index (κ2) is 7.84. The van der Waals surface area contributed by atoms with Gasteiger partial charge in [0.1, 0.15) is 0 Å². The Bertz CT molecular complexity index is 965. The monoisotopic (exact) mass is 388 g/mol. The van der Waals surface area contributed by atoms with Crippen molar-refractivity contribution in [2.45, 2.75) is 32.5 Å². The van der Waals surface area contributed by atoms with Crippen LogP contribution in [-0.4, -0.2) is 20.7 Å². The Morgan fingerprint density at radius 3 is 2.61 bits per heavy atom. The Kier molecular flexibility index (Phi) is 5.48. The third-order valence-corrected chi connectivity index (χ3v) is 4.17. The number of pyridine rings is 1. The van der Waals surface area contributed by atoms with E-state index in [-0.39, 0.29) is 12.5 Å². The van der Waals surface area contributed by atoms with Crippen molar-refractivity contribution in [1.29, 1.82) is 0 Å². The lowest BCUT2D eigenvalue weighted by Gasteiger charge is -2.13. The zero-order chi connectivity index (χ0) is 20.3. The fourth-order valence-electron chi connectivity index (χ4n) is 2.89. The van der Waals surface area contributed by atoms with Crippen LogP contribution in [0.15, 0.2) is 54.9 Å². The third kappa shape index (κ3) is 4.21. The lowest BCUT2D eigenvalue weighted by atomic mass is 10.0. The molecule has 8 heteroatoms. The van der Waals surface area contributed by atoms with Crippen LogP contribution in [0.5, 0.6) is 0 Å². The molecule has 0 radical (unpaired) electrons. The maximum absolute atomic E-state index is 12.8. The minimum atomic E-state index is -4.42. The summed E-state index contributed by atoms with van der Waals surface area (Å²) < 4.78 is 40.1. The summed E-state index contributed by atoms with van der Waals surface area (Å²) >= 11 is 0. The van der Waals surface area contributed by atoms with Gasteiger partial charge in [-0.05, 0) is 35.7 Å². The molecule has 0 aliphatic heterocycles. The predicted molar refractivity (Wildman–Crippen MR) is 98.1 cm³/mol. The van der Waals surface area contributed by atoms with Gasteiger partial charge in [0, 0.05) is 12.7 Å². The number of hydrogen-bond donors (Lipinski definition) is 1. The first-order valence-electron chi connectivity index (χ1n) is 8.71. The molecular weight excluding hydrogens is 369 g/mol. The van der Waals surface area contributed by atoms with Crippen LogP contribution in [0.4, 0.5) is 13.2 Å². The molecule has 1 N–H and O–H groups in total. The SMILES string of the molecule is CC(C)c1c(C(=O)NCc2cccc(C(F)(F)F)c2)cnn1-c1ccccn1. The Balaban J connectivity index is 1.81. The van der Waals surface area contributed by atoms with Crippen molar-refractivity contribution < 1.29 is 18.0 Å². The molecule has 3 rings (SSSR count). The molecule has 5 nitrogen and oxygen atoms in total. The quantitative estimate of drug-likeness (QED) is 0.707. The summed E-state index contributed by atoms with van der Waals surface area (Å²) in [6, 6.07) is 10.3. The molecule has 3 aromatic rings. The van der Waals surface area contributed by atoms with Gasteiger partial charge in [0.15, 0.2) is 5.82 Å². The lowest BCUT2D eigenvalue weighted by molar-refractivity contribution is -0.137. The van der Waals surface area contributed by atoms with E-state index >= 15 is 0 Å². The first-order chi connectivity index (χ1) is 13.3. The molecule has 28 heavy (non-hydrogen) atoms. The topological polar surface area (TPSA) is 59.8 Å². The normalized spacial score (nSPS) is 11.6. The highest BCUT2D eigenvalue weighted by Crippen LogP contribution is 2.29. The van der Waals surface area contributed by atoms with Crippen LogP contribution in [0.3, 0.4) is 0 Å². The number of hydrogen-bond acceptors (Lipinski definition) is 3. The average molecular weight is 388 g/mol. The number of nitrogens with one attached hydrogen (secondary N) is 1. The molecule has 0 aliphatic rings. The molecule has 2 heterocycles. The zero-order valence-electron chi connectivity index (χ0n) is 15.4. The first-order valence-corrected chi connectivity index (χ1v) is 8.71. The Morgan fingerprint density at radius 2 is 1.96 bits per heavy atom. The molecule has 2 aromatic heterocycles. The highest BCUT2D eigenvalue weighted by molar-refractivity contribution is 5.95. The molecule has 0 bridgehead atoms. The van der Waals surface area contributed by atoms with E-state index in [9.17, 15) is 18.0 Å². The van der Waals surface area contributed by atoms with Gasteiger partial charge >= 0.3 is 6.18 Å². The molecule has 146 valence electrons. The van der Waals surface area contributed by atoms with E-state index in [0.717, 1.165) is 12.1 Å². The molecule has 1 amide bonds. The molecule has 0 fully saturated rings. The van der Waals surface area contributed by atoms with Crippen LogP contribution in [0.25, 0.3) is 5.82 Å². The number of nitrogens with zero attached hydrogens (tertiary/aromatic N) is 3. The van der Waals surface area contributed by atoms with Crippen molar-refractivity contribution in [3.05, 3.63) is 77.2 Å². The number of halogens is 3. The van der Waals surface area contributed by atoms with Gasteiger partial charge in [-0.25, -0.2) is 9.67 Å². The molecule has 0 saturated carbocycles.